The molecule has 0 aliphatic rings. The molecule has 0 N–H and O–H groups in total. The molecule has 0 bridgehead atoms. The average Bonchev–Trinajstić information content (AvgIpc) is 2.22. The van der Waals surface area contributed by atoms with Gasteiger partial charge in [-0.3, -0.25) is 0 Å². The van der Waals surface area contributed by atoms with E-state index in [0.29, 0.717) is 5.75 Å². The van der Waals surface area contributed by atoms with Gasteiger partial charge >= 0.3 is 5.97 Å². The molecule has 0 spiro atoms. The normalized spacial score (nSPS) is 12.0. The molecule has 0 heterocycles. The van der Waals surface area contributed by atoms with Gasteiger partial charge < -0.3 is 9.47 Å². The van der Waals surface area contributed by atoms with Gasteiger partial charge in [0, 0.05) is 6.07 Å². The van der Waals surface area contributed by atoms with E-state index >= 15 is 0 Å². The van der Waals surface area contributed by atoms with Gasteiger partial charge in [-0.25, -0.2) is 9.18 Å². The first-order valence-corrected chi connectivity index (χ1v) is 4.55. The Labute approximate surface area is 87.8 Å². The fourth-order valence-corrected chi connectivity index (χ4v) is 1.11. The first-order chi connectivity index (χ1) is 7.04. The molecule has 0 aliphatic carbocycles. The summed E-state index contributed by atoms with van der Waals surface area (Å²) in [5.74, 6) is -0.528. The third-order valence-electron chi connectivity index (χ3n) is 1.99. The molecule has 0 aromatic heterocycles. The van der Waals surface area contributed by atoms with Gasteiger partial charge in [0.1, 0.15) is 11.6 Å². The molecular weight excluding hydrogens is 199 g/mol. The molecule has 0 fully saturated rings. The van der Waals surface area contributed by atoms with Crippen molar-refractivity contribution < 1.29 is 18.7 Å². The van der Waals surface area contributed by atoms with Crippen molar-refractivity contribution in [2.45, 2.75) is 20.0 Å². The maximum Gasteiger partial charge on any atom is 0.346 e. The summed E-state index contributed by atoms with van der Waals surface area (Å²) in [5, 5.41) is 0. The first kappa shape index (κ1) is 11.5. The summed E-state index contributed by atoms with van der Waals surface area (Å²) in [4.78, 5) is 11.1. The SMILES string of the molecule is COC(=O)[C@@H](C)Oc1cc(F)ccc1C. The second-order valence-electron chi connectivity index (χ2n) is 3.19. The maximum atomic E-state index is 12.9. The topological polar surface area (TPSA) is 35.5 Å². The first-order valence-electron chi connectivity index (χ1n) is 4.55. The molecule has 82 valence electrons. The van der Waals surface area contributed by atoms with Crippen LogP contribution >= 0.6 is 0 Å². The number of rotatable bonds is 3. The highest BCUT2D eigenvalue weighted by Gasteiger charge is 2.15. The standard InChI is InChI=1S/C11H13FO3/c1-7-4-5-9(12)6-10(7)15-8(2)11(13)14-3/h4-6,8H,1-3H3/t8-/m1/s1. The zero-order valence-electron chi connectivity index (χ0n) is 8.91. The second-order valence-corrected chi connectivity index (χ2v) is 3.19. The van der Waals surface area contributed by atoms with Crippen LogP contribution in [-0.4, -0.2) is 19.2 Å². The number of benzene rings is 1. The molecule has 1 aromatic carbocycles. The van der Waals surface area contributed by atoms with Crippen molar-refractivity contribution in [3.63, 3.8) is 0 Å². The summed E-state index contributed by atoms with van der Waals surface area (Å²) in [7, 11) is 1.28. The van der Waals surface area contributed by atoms with E-state index < -0.39 is 17.9 Å². The van der Waals surface area contributed by atoms with Crippen LogP contribution in [0.15, 0.2) is 18.2 Å². The molecule has 0 radical (unpaired) electrons. The number of hydrogen-bond donors (Lipinski definition) is 0. The zero-order chi connectivity index (χ0) is 11.4. The van der Waals surface area contributed by atoms with E-state index in [4.69, 9.17) is 4.74 Å². The number of methoxy groups -OCH3 is 1. The summed E-state index contributed by atoms with van der Waals surface area (Å²) >= 11 is 0. The van der Waals surface area contributed by atoms with Gasteiger partial charge in [0.15, 0.2) is 6.10 Å². The van der Waals surface area contributed by atoms with Crippen LogP contribution in [0.4, 0.5) is 4.39 Å². The molecule has 0 unspecified atom stereocenters. The van der Waals surface area contributed by atoms with Crippen LogP contribution in [0.25, 0.3) is 0 Å². The number of esters is 1. The molecule has 0 saturated carbocycles. The van der Waals surface area contributed by atoms with Gasteiger partial charge in [0.25, 0.3) is 0 Å². The minimum absolute atomic E-state index is 0.355. The quantitative estimate of drug-likeness (QED) is 0.719. The van der Waals surface area contributed by atoms with Crippen molar-refractivity contribution in [1.82, 2.24) is 0 Å². The molecule has 1 atom stereocenters. The van der Waals surface area contributed by atoms with Crippen LogP contribution in [-0.2, 0) is 9.53 Å². The summed E-state index contributed by atoms with van der Waals surface area (Å²) < 4.78 is 22.6. The van der Waals surface area contributed by atoms with Gasteiger partial charge in [-0.2, -0.15) is 0 Å². The van der Waals surface area contributed by atoms with Crippen LogP contribution < -0.4 is 4.74 Å². The molecular formula is C11H13FO3. The van der Waals surface area contributed by atoms with Crippen molar-refractivity contribution in [3.8, 4) is 5.75 Å². The molecule has 0 aliphatic heterocycles. The minimum Gasteiger partial charge on any atom is -0.479 e. The zero-order valence-corrected chi connectivity index (χ0v) is 8.91. The largest absolute Gasteiger partial charge is 0.479 e. The van der Waals surface area contributed by atoms with Gasteiger partial charge in [-0.05, 0) is 25.5 Å². The van der Waals surface area contributed by atoms with E-state index in [1.165, 1.54) is 19.2 Å². The predicted molar refractivity (Wildman–Crippen MR) is 53.2 cm³/mol. The van der Waals surface area contributed by atoms with E-state index in [1.807, 2.05) is 0 Å². The maximum absolute atomic E-state index is 12.9. The highest BCUT2D eigenvalue weighted by Crippen LogP contribution is 2.20. The van der Waals surface area contributed by atoms with Crippen LogP contribution in [0.2, 0.25) is 0 Å². The number of halogens is 1. The Morgan fingerprint density at radius 3 is 2.73 bits per heavy atom. The summed E-state index contributed by atoms with van der Waals surface area (Å²) in [5.41, 5.74) is 0.771. The molecule has 1 rings (SSSR count). The monoisotopic (exact) mass is 212 g/mol. The summed E-state index contributed by atoms with van der Waals surface area (Å²) in [6, 6.07) is 4.18. The van der Waals surface area contributed by atoms with Crippen molar-refractivity contribution >= 4 is 5.97 Å². The van der Waals surface area contributed by atoms with Gasteiger partial charge in [0.05, 0.1) is 7.11 Å². The Bertz CT molecular complexity index is 363. The number of ether oxygens (including phenoxy) is 2. The number of carbonyl (C=O) groups excluding carboxylic acids is 1. The van der Waals surface area contributed by atoms with Crippen molar-refractivity contribution in [1.29, 1.82) is 0 Å². The lowest BCUT2D eigenvalue weighted by atomic mass is 10.2. The minimum atomic E-state index is -0.740. The molecule has 0 amide bonds. The van der Waals surface area contributed by atoms with Crippen molar-refractivity contribution in [2.75, 3.05) is 7.11 Å². The van der Waals surface area contributed by atoms with E-state index in [2.05, 4.69) is 4.74 Å². The van der Waals surface area contributed by atoms with Gasteiger partial charge in [-0.1, -0.05) is 6.07 Å². The average molecular weight is 212 g/mol. The summed E-state index contributed by atoms with van der Waals surface area (Å²) in [6.07, 6.45) is -0.740. The Kier molecular flexibility index (Phi) is 3.66. The van der Waals surface area contributed by atoms with Crippen LogP contribution in [0.3, 0.4) is 0 Å². The molecule has 1 aromatic rings. The third kappa shape index (κ3) is 2.94. The van der Waals surface area contributed by atoms with E-state index in [-0.39, 0.29) is 0 Å². The summed E-state index contributed by atoms with van der Waals surface area (Å²) in [6.45, 7) is 3.33. The number of carbonyl (C=O) groups is 1. The van der Waals surface area contributed by atoms with Crippen LogP contribution in [0.5, 0.6) is 5.75 Å². The molecule has 4 heteroatoms. The Morgan fingerprint density at radius 1 is 1.47 bits per heavy atom. The highest BCUT2D eigenvalue weighted by atomic mass is 19.1. The Morgan fingerprint density at radius 2 is 2.13 bits per heavy atom. The smallest absolute Gasteiger partial charge is 0.346 e. The Balaban J connectivity index is 2.80. The molecule has 15 heavy (non-hydrogen) atoms. The van der Waals surface area contributed by atoms with E-state index in [0.717, 1.165) is 5.56 Å². The Hall–Kier alpha value is -1.58. The molecule has 3 nitrogen and oxygen atoms in total. The van der Waals surface area contributed by atoms with E-state index in [1.54, 1.807) is 19.9 Å². The fraction of sp³-hybridized carbons (Fsp3) is 0.364. The lowest BCUT2D eigenvalue weighted by Gasteiger charge is -2.14. The lowest BCUT2D eigenvalue weighted by Crippen LogP contribution is -2.25. The van der Waals surface area contributed by atoms with E-state index in [9.17, 15) is 9.18 Å². The second kappa shape index (κ2) is 4.77. The lowest BCUT2D eigenvalue weighted by molar-refractivity contribution is -0.147. The van der Waals surface area contributed by atoms with Crippen LogP contribution in [0, 0.1) is 12.7 Å². The van der Waals surface area contributed by atoms with Gasteiger partial charge in [0.2, 0.25) is 0 Å². The van der Waals surface area contributed by atoms with Gasteiger partial charge in [-0.15, -0.1) is 0 Å². The number of aryl methyl sites for hydroxylation is 1. The van der Waals surface area contributed by atoms with Crippen LogP contribution in [0.1, 0.15) is 12.5 Å². The van der Waals surface area contributed by atoms with Crippen molar-refractivity contribution in [3.05, 3.63) is 29.6 Å². The fourth-order valence-electron chi connectivity index (χ4n) is 1.11. The highest BCUT2D eigenvalue weighted by molar-refractivity contribution is 5.74. The van der Waals surface area contributed by atoms with Crippen molar-refractivity contribution in [2.24, 2.45) is 0 Å². The predicted octanol–water partition coefficient (Wildman–Crippen LogP) is 2.07. The number of hydrogen-bond acceptors (Lipinski definition) is 3. The molecule has 0 saturated heterocycles. The third-order valence-corrected chi connectivity index (χ3v) is 1.99.